The van der Waals surface area contributed by atoms with Crippen molar-refractivity contribution in [1.29, 1.82) is 0 Å². The maximum absolute atomic E-state index is 12.9. The van der Waals surface area contributed by atoms with Crippen molar-refractivity contribution in [2.24, 2.45) is 5.92 Å². The third kappa shape index (κ3) is 5.66. The van der Waals surface area contributed by atoms with Gasteiger partial charge in [-0.15, -0.1) is 0 Å². The molecule has 0 radical (unpaired) electrons. The fraction of sp³-hybridized carbons (Fsp3) is 0.250. The standard InChI is InChI=1S/C24H26N4O3/c1-15(2)23(30)26-21-13-20(18-10-8-16(3)9-11-18)27-28(24(21)31)14-22(29)25-19-7-5-6-17(4)12-19/h5-13,15H,14H2,1-4H3,(H,25,29)(H,26,30). The second-order valence-corrected chi connectivity index (χ2v) is 7.83. The molecule has 0 saturated carbocycles. The molecule has 2 amide bonds. The summed E-state index contributed by atoms with van der Waals surface area (Å²) in [5.41, 5.74) is 3.55. The molecule has 7 heteroatoms. The van der Waals surface area contributed by atoms with Crippen LogP contribution in [0.5, 0.6) is 0 Å². The van der Waals surface area contributed by atoms with Crippen LogP contribution in [0.25, 0.3) is 11.3 Å². The Morgan fingerprint density at radius 2 is 1.68 bits per heavy atom. The molecule has 0 saturated heterocycles. The summed E-state index contributed by atoms with van der Waals surface area (Å²) >= 11 is 0. The highest BCUT2D eigenvalue weighted by atomic mass is 16.2. The minimum absolute atomic E-state index is 0.0904. The predicted molar refractivity (Wildman–Crippen MR) is 122 cm³/mol. The van der Waals surface area contributed by atoms with E-state index in [4.69, 9.17) is 0 Å². The summed E-state index contributed by atoms with van der Waals surface area (Å²) in [5.74, 6) is -0.968. The number of nitrogens with zero attached hydrogens (tertiary/aromatic N) is 2. The average Bonchev–Trinajstić information content (AvgIpc) is 2.71. The van der Waals surface area contributed by atoms with Crippen molar-refractivity contribution >= 4 is 23.2 Å². The van der Waals surface area contributed by atoms with Gasteiger partial charge in [0.2, 0.25) is 11.8 Å². The van der Waals surface area contributed by atoms with Crippen molar-refractivity contribution in [2.75, 3.05) is 10.6 Å². The number of aromatic nitrogens is 2. The van der Waals surface area contributed by atoms with Crippen LogP contribution in [0.15, 0.2) is 59.4 Å². The van der Waals surface area contributed by atoms with Crippen LogP contribution in [-0.2, 0) is 16.1 Å². The van der Waals surface area contributed by atoms with Crippen molar-refractivity contribution < 1.29 is 9.59 Å². The highest BCUT2D eigenvalue weighted by Crippen LogP contribution is 2.19. The third-order valence-electron chi connectivity index (χ3n) is 4.70. The normalized spacial score (nSPS) is 10.7. The first kappa shape index (κ1) is 22.0. The minimum atomic E-state index is -0.538. The Balaban J connectivity index is 1.96. The molecule has 31 heavy (non-hydrogen) atoms. The van der Waals surface area contributed by atoms with Gasteiger partial charge in [0.1, 0.15) is 12.2 Å². The minimum Gasteiger partial charge on any atom is -0.324 e. The summed E-state index contributed by atoms with van der Waals surface area (Å²) in [7, 11) is 0. The lowest BCUT2D eigenvalue weighted by Gasteiger charge is -2.13. The number of benzene rings is 2. The van der Waals surface area contributed by atoms with Crippen LogP contribution < -0.4 is 16.2 Å². The van der Waals surface area contributed by atoms with Crippen molar-refractivity contribution in [2.45, 2.75) is 34.2 Å². The quantitative estimate of drug-likeness (QED) is 0.637. The molecule has 160 valence electrons. The van der Waals surface area contributed by atoms with Gasteiger partial charge in [0.15, 0.2) is 0 Å². The lowest BCUT2D eigenvalue weighted by Crippen LogP contribution is -2.33. The molecule has 1 heterocycles. The predicted octanol–water partition coefficient (Wildman–Crippen LogP) is 3.76. The molecule has 2 N–H and O–H groups in total. The molecule has 3 aromatic rings. The topological polar surface area (TPSA) is 93.1 Å². The van der Waals surface area contributed by atoms with Crippen molar-refractivity contribution in [3.63, 3.8) is 0 Å². The van der Waals surface area contributed by atoms with Crippen LogP contribution in [0.3, 0.4) is 0 Å². The second-order valence-electron chi connectivity index (χ2n) is 7.83. The molecular formula is C24H26N4O3. The maximum Gasteiger partial charge on any atom is 0.291 e. The molecule has 3 rings (SSSR count). The zero-order chi connectivity index (χ0) is 22.5. The monoisotopic (exact) mass is 418 g/mol. The number of anilines is 2. The molecule has 0 fully saturated rings. The summed E-state index contributed by atoms with van der Waals surface area (Å²) in [6.07, 6.45) is 0. The smallest absolute Gasteiger partial charge is 0.291 e. The van der Waals surface area contributed by atoms with Crippen LogP contribution in [0.2, 0.25) is 0 Å². The van der Waals surface area contributed by atoms with E-state index < -0.39 is 5.56 Å². The molecule has 0 atom stereocenters. The van der Waals surface area contributed by atoms with Crippen LogP contribution in [0, 0.1) is 19.8 Å². The van der Waals surface area contributed by atoms with E-state index in [1.54, 1.807) is 26.0 Å². The number of amides is 2. The second kappa shape index (κ2) is 9.38. The van der Waals surface area contributed by atoms with E-state index in [1.165, 1.54) is 0 Å². The van der Waals surface area contributed by atoms with E-state index in [0.29, 0.717) is 11.4 Å². The fourth-order valence-corrected chi connectivity index (χ4v) is 2.94. The Morgan fingerprint density at radius 3 is 2.32 bits per heavy atom. The van der Waals surface area contributed by atoms with Crippen LogP contribution >= 0.6 is 0 Å². The highest BCUT2D eigenvalue weighted by molar-refractivity contribution is 5.93. The van der Waals surface area contributed by atoms with E-state index >= 15 is 0 Å². The molecule has 0 aliphatic carbocycles. The van der Waals surface area contributed by atoms with E-state index in [1.807, 2.05) is 56.3 Å². The largest absolute Gasteiger partial charge is 0.324 e. The molecule has 7 nitrogen and oxygen atoms in total. The Hall–Kier alpha value is -3.74. The average molecular weight is 418 g/mol. The summed E-state index contributed by atoms with van der Waals surface area (Å²) < 4.78 is 1.08. The van der Waals surface area contributed by atoms with Gasteiger partial charge in [0, 0.05) is 17.2 Å². The van der Waals surface area contributed by atoms with Crippen LogP contribution in [0.1, 0.15) is 25.0 Å². The summed E-state index contributed by atoms with van der Waals surface area (Å²) in [4.78, 5) is 37.7. The van der Waals surface area contributed by atoms with Crippen molar-refractivity contribution in [3.8, 4) is 11.3 Å². The van der Waals surface area contributed by atoms with Crippen LogP contribution in [-0.4, -0.2) is 21.6 Å². The van der Waals surface area contributed by atoms with Gasteiger partial charge in [-0.3, -0.25) is 14.4 Å². The van der Waals surface area contributed by atoms with Gasteiger partial charge in [-0.1, -0.05) is 55.8 Å². The summed E-state index contributed by atoms with van der Waals surface area (Å²) in [6, 6.07) is 16.6. The molecular weight excluding hydrogens is 392 g/mol. The molecule has 2 aromatic carbocycles. The van der Waals surface area contributed by atoms with E-state index in [9.17, 15) is 14.4 Å². The maximum atomic E-state index is 12.9. The Kier molecular flexibility index (Phi) is 6.65. The number of carbonyl (C=O) groups excluding carboxylic acids is 2. The molecule has 0 unspecified atom stereocenters. The summed E-state index contributed by atoms with van der Waals surface area (Å²) in [6.45, 7) is 7.10. The molecule has 0 bridgehead atoms. The summed E-state index contributed by atoms with van der Waals surface area (Å²) in [5, 5.41) is 9.81. The van der Waals surface area contributed by atoms with Crippen molar-refractivity contribution in [3.05, 3.63) is 76.1 Å². The van der Waals surface area contributed by atoms with E-state index in [-0.39, 0.29) is 30.0 Å². The number of hydrogen-bond donors (Lipinski definition) is 2. The van der Waals surface area contributed by atoms with Crippen molar-refractivity contribution in [1.82, 2.24) is 9.78 Å². The van der Waals surface area contributed by atoms with E-state index in [2.05, 4.69) is 15.7 Å². The number of rotatable bonds is 6. The zero-order valence-electron chi connectivity index (χ0n) is 18.1. The molecule has 0 aliphatic rings. The highest BCUT2D eigenvalue weighted by Gasteiger charge is 2.16. The number of nitrogens with one attached hydrogen (secondary N) is 2. The fourth-order valence-electron chi connectivity index (χ4n) is 2.94. The first-order valence-corrected chi connectivity index (χ1v) is 10.1. The number of aryl methyl sites for hydroxylation is 2. The van der Waals surface area contributed by atoms with Crippen LogP contribution in [0.4, 0.5) is 11.4 Å². The van der Waals surface area contributed by atoms with Gasteiger partial charge >= 0.3 is 0 Å². The molecule has 1 aromatic heterocycles. The Morgan fingerprint density at radius 1 is 0.968 bits per heavy atom. The number of hydrogen-bond acceptors (Lipinski definition) is 4. The SMILES string of the molecule is Cc1ccc(-c2cc(NC(=O)C(C)C)c(=O)n(CC(=O)Nc3cccc(C)c3)n2)cc1. The first-order valence-electron chi connectivity index (χ1n) is 10.1. The lowest BCUT2D eigenvalue weighted by molar-refractivity contribution is -0.119. The Bertz CT molecular complexity index is 1160. The van der Waals surface area contributed by atoms with E-state index in [0.717, 1.165) is 21.4 Å². The van der Waals surface area contributed by atoms with Gasteiger partial charge in [-0.05, 0) is 37.6 Å². The zero-order valence-corrected chi connectivity index (χ0v) is 18.1. The Labute approximate surface area is 181 Å². The lowest BCUT2D eigenvalue weighted by atomic mass is 10.1. The van der Waals surface area contributed by atoms with Gasteiger partial charge in [-0.25, -0.2) is 4.68 Å². The van der Waals surface area contributed by atoms with Gasteiger partial charge < -0.3 is 10.6 Å². The van der Waals surface area contributed by atoms with Gasteiger partial charge in [0.05, 0.1) is 5.69 Å². The molecule has 0 aliphatic heterocycles. The third-order valence-corrected chi connectivity index (χ3v) is 4.70. The van der Waals surface area contributed by atoms with Gasteiger partial charge in [-0.2, -0.15) is 5.10 Å². The first-order chi connectivity index (χ1) is 14.7. The molecule has 0 spiro atoms. The van der Waals surface area contributed by atoms with Gasteiger partial charge in [0.25, 0.3) is 5.56 Å². The number of carbonyl (C=O) groups is 2.